The molecule has 1 aliphatic carbocycles. The second kappa shape index (κ2) is 5.09. The molecule has 0 unspecified atom stereocenters. The van der Waals surface area contributed by atoms with Gasteiger partial charge in [-0.1, -0.05) is 0 Å². The van der Waals surface area contributed by atoms with Crippen LogP contribution >= 0.6 is 0 Å². The van der Waals surface area contributed by atoms with E-state index >= 15 is 0 Å². The summed E-state index contributed by atoms with van der Waals surface area (Å²) in [4.78, 5) is 11.8. The molecule has 1 aromatic rings. The number of hydrogen-bond donors (Lipinski definition) is 1. The highest BCUT2D eigenvalue weighted by molar-refractivity contribution is 5.82. The van der Waals surface area contributed by atoms with Crippen LogP contribution in [0, 0.1) is 0 Å². The Morgan fingerprint density at radius 1 is 1.16 bits per heavy atom. The SMILES string of the molecule is COc1ccc(OC)c2c1CC[C@](N)([13C](=O)OC)C2. The van der Waals surface area contributed by atoms with Crippen LogP contribution in [0.1, 0.15) is 17.5 Å². The smallest absolute Gasteiger partial charge is 0.326 e. The van der Waals surface area contributed by atoms with E-state index < -0.39 is 5.54 Å². The van der Waals surface area contributed by atoms with Gasteiger partial charge in [-0.05, 0) is 25.0 Å². The third-order valence-electron chi connectivity index (χ3n) is 3.69. The lowest BCUT2D eigenvalue weighted by Gasteiger charge is -2.33. The Bertz CT molecular complexity index is 500. The van der Waals surface area contributed by atoms with Crippen LogP contribution in [0.25, 0.3) is 0 Å². The van der Waals surface area contributed by atoms with Gasteiger partial charge in [0.1, 0.15) is 17.0 Å². The molecular formula is C14H19NO4. The van der Waals surface area contributed by atoms with Crippen LogP contribution in [0.3, 0.4) is 0 Å². The van der Waals surface area contributed by atoms with Crippen molar-refractivity contribution in [2.45, 2.75) is 24.8 Å². The summed E-state index contributed by atoms with van der Waals surface area (Å²) in [6, 6.07) is 3.71. The van der Waals surface area contributed by atoms with Crippen LogP contribution in [-0.2, 0) is 22.4 Å². The first-order chi connectivity index (χ1) is 9.05. The first kappa shape index (κ1) is 13.7. The maximum atomic E-state index is 11.8. The molecule has 0 saturated heterocycles. The van der Waals surface area contributed by atoms with Crippen LogP contribution in [0.15, 0.2) is 12.1 Å². The molecule has 5 heteroatoms. The normalized spacial score (nSPS) is 21.5. The van der Waals surface area contributed by atoms with E-state index in [0.29, 0.717) is 19.3 Å². The highest BCUT2D eigenvalue weighted by Crippen LogP contribution is 2.38. The van der Waals surface area contributed by atoms with E-state index in [4.69, 9.17) is 19.9 Å². The van der Waals surface area contributed by atoms with Crippen molar-refractivity contribution in [1.82, 2.24) is 0 Å². The number of carbonyl (C=O) groups excluding carboxylic acids is 1. The number of ether oxygens (including phenoxy) is 3. The van der Waals surface area contributed by atoms with Crippen molar-refractivity contribution < 1.29 is 19.0 Å². The van der Waals surface area contributed by atoms with Crippen LogP contribution < -0.4 is 15.2 Å². The van der Waals surface area contributed by atoms with Gasteiger partial charge in [0.15, 0.2) is 0 Å². The molecule has 2 N–H and O–H groups in total. The molecule has 0 heterocycles. The Kier molecular flexibility index (Phi) is 3.66. The minimum absolute atomic E-state index is 0.386. The van der Waals surface area contributed by atoms with Gasteiger partial charge in [0.05, 0.1) is 21.3 Å². The minimum Gasteiger partial charge on any atom is -0.496 e. The molecule has 5 nitrogen and oxygen atoms in total. The molecule has 0 aromatic heterocycles. The van der Waals surface area contributed by atoms with Crippen molar-refractivity contribution >= 4 is 5.97 Å². The van der Waals surface area contributed by atoms with E-state index in [9.17, 15) is 4.79 Å². The summed E-state index contributed by atoms with van der Waals surface area (Å²) in [6.07, 6.45) is 1.60. The molecule has 0 radical (unpaired) electrons. The van der Waals surface area contributed by atoms with E-state index in [-0.39, 0.29) is 5.97 Å². The summed E-state index contributed by atoms with van der Waals surface area (Å²) in [5, 5.41) is 0. The lowest BCUT2D eigenvalue weighted by Crippen LogP contribution is -2.52. The monoisotopic (exact) mass is 266 g/mol. The van der Waals surface area contributed by atoms with E-state index in [1.54, 1.807) is 14.2 Å². The lowest BCUT2D eigenvalue weighted by molar-refractivity contribution is -0.147. The van der Waals surface area contributed by atoms with Gasteiger partial charge in [-0.25, -0.2) is 0 Å². The third-order valence-corrected chi connectivity index (χ3v) is 3.69. The van der Waals surface area contributed by atoms with Gasteiger partial charge in [0.25, 0.3) is 0 Å². The summed E-state index contributed by atoms with van der Waals surface area (Å²) in [5.41, 5.74) is 7.18. The van der Waals surface area contributed by atoms with Crippen molar-refractivity contribution in [2.24, 2.45) is 5.73 Å². The molecule has 1 aromatic carbocycles. The Hall–Kier alpha value is -1.75. The van der Waals surface area contributed by atoms with Crippen LogP contribution in [0.2, 0.25) is 0 Å². The molecule has 0 aliphatic heterocycles. The van der Waals surface area contributed by atoms with E-state index in [2.05, 4.69) is 0 Å². The predicted octanol–water partition coefficient (Wildman–Crippen LogP) is 1.06. The molecule has 1 aliphatic rings. The van der Waals surface area contributed by atoms with Crippen molar-refractivity contribution in [1.29, 1.82) is 0 Å². The summed E-state index contributed by atoms with van der Waals surface area (Å²) in [6.45, 7) is 0. The predicted molar refractivity (Wildman–Crippen MR) is 70.5 cm³/mol. The Balaban J connectivity index is 2.46. The molecule has 2 rings (SSSR count). The van der Waals surface area contributed by atoms with Crippen molar-refractivity contribution in [3.05, 3.63) is 23.3 Å². The topological polar surface area (TPSA) is 70.8 Å². The first-order valence-electron chi connectivity index (χ1n) is 6.15. The quantitative estimate of drug-likeness (QED) is 0.654. The minimum atomic E-state index is -0.985. The number of fused-ring (bicyclic) bond motifs is 1. The lowest BCUT2D eigenvalue weighted by atomic mass is 9.81. The standard InChI is InChI=1S/C14H19NO4/c1-17-11-4-5-12(18-2)10-8-14(15,13(16)19-3)7-6-9(10)11/h4-5H,6-8,15H2,1-3H3/t14-/m1/s1/i13+1. The Morgan fingerprint density at radius 2 is 1.74 bits per heavy atom. The Labute approximate surface area is 112 Å². The van der Waals surface area contributed by atoms with Gasteiger partial charge in [0, 0.05) is 17.5 Å². The van der Waals surface area contributed by atoms with Gasteiger partial charge in [0.2, 0.25) is 0 Å². The van der Waals surface area contributed by atoms with E-state index in [1.165, 1.54) is 7.11 Å². The summed E-state index contributed by atoms with van der Waals surface area (Å²) < 4.78 is 15.5. The van der Waals surface area contributed by atoms with Crippen molar-refractivity contribution in [2.75, 3.05) is 21.3 Å². The fraction of sp³-hybridized carbons (Fsp3) is 0.500. The molecule has 0 fully saturated rings. The van der Waals surface area contributed by atoms with Gasteiger partial charge < -0.3 is 19.9 Å². The largest absolute Gasteiger partial charge is 0.496 e. The maximum absolute atomic E-state index is 11.8. The van der Waals surface area contributed by atoms with Crippen molar-refractivity contribution in [3.63, 3.8) is 0 Å². The van der Waals surface area contributed by atoms with Gasteiger partial charge in [-0.15, -0.1) is 0 Å². The fourth-order valence-corrected chi connectivity index (χ4v) is 2.63. The zero-order valence-electron chi connectivity index (χ0n) is 11.5. The number of methoxy groups -OCH3 is 3. The summed E-state index contributed by atoms with van der Waals surface area (Å²) >= 11 is 0. The highest BCUT2D eigenvalue weighted by atomic mass is 16.6. The zero-order valence-corrected chi connectivity index (χ0v) is 11.5. The molecule has 1 atom stereocenters. The summed E-state index contributed by atoms with van der Waals surface area (Å²) in [5.74, 6) is 1.15. The molecular weight excluding hydrogens is 247 g/mol. The number of nitrogens with two attached hydrogens (primary N) is 1. The summed E-state index contributed by atoms with van der Waals surface area (Å²) in [7, 11) is 4.59. The number of hydrogen-bond acceptors (Lipinski definition) is 5. The molecule has 0 amide bonds. The molecule has 0 bridgehead atoms. The van der Waals surface area contributed by atoms with Crippen LogP contribution in [0.5, 0.6) is 11.5 Å². The number of esters is 1. The second-order valence-electron chi connectivity index (χ2n) is 4.75. The number of benzene rings is 1. The van der Waals surface area contributed by atoms with Crippen LogP contribution in [-0.4, -0.2) is 32.8 Å². The Morgan fingerprint density at radius 3 is 2.26 bits per heavy atom. The third kappa shape index (κ3) is 2.26. The van der Waals surface area contributed by atoms with Gasteiger partial charge in [-0.2, -0.15) is 0 Å². The highest BCUT2D eigenvalue weighted by Gasteiger charge is 2.40. The molecule has 19 heavy (non-hydrogen) atoms. The molecule has 104 valence electrons. The zero-order chi connectivity index (χ0) is 14.0. The van der Waals surface area contributed by atoms with Crippen molar-refractivity contribution in [3.8, 4) is 11.5 Å². The number of rotatable bonds is 3. The van der Waals surface area contributed by atoms with E-state index in [0.717, 1.165) is 22.6 Å². The number of carbonyl (C=O) groups is 1. The van der Waals surface area contributed by atoms with Crippen LogP contribution in [0.4, 0.5) is 0 Å². The molecule has 0 spiro atoms. The maximum Gasteiger partial charge on any atom is 0.326 e. The average Bonchev–Trinajstić information content (AvgIpc) is 2.44. The van der Waals surface area contributed by atoms with Gasteiger partial charge >= 0.3 is 5.97 Å². The first-order valence-corrected chi connectivity index (χ1v) is 6.15. The van der Waals surface area contributed by atoms with Gasteiger partial charge in [-0.3, -0.25) is 4.79 Å². The second-order valence-corrected chi connectivity index (χ2v) is 4.75. The fourth-order valence-electron chi connectivity index (χ4n) is 2.63. The molecule has 0 saturated carbocycles. The average molecular weight is 266 g/mol. The van der Waals surface area contributed by atoms with E-state index in [1.807, 2.05) is 12.1 Å².